The number of hydrogen-bond acceptors (Lipinski definition) is 3. The van der Waals surface area contributed by atoms with Crippen LogP contribution >= 0.6 is 0 Å². The van der Waals surface area contributed by atoms with E-state index in [2.05, 4.69) is 0 Å². The van der Waals surface area contributed by atoms with E-state index in [1.165, 1.54) is 4.90 Å². The molecular weight excluding hydrogens is 206 g/mol. The lowest BCUT2D eigenvalue weighted by Crippen LogP contribution is -2.35. The first kappa shape index (κ1) is 12.5. The van der Waals surface area contributed by atoms with E-state index in [1.54, 1.807) is 13.0 Å². The molecule has 0 aromatic carbocycles. The SMILES string of the molecule is CC=CC1=CCCN(C(=O)OCC)CC1=O. The summed E-state index contributed by atoms with van der Waals surface area (Å²) in [5.41, 5.74) is 0.675. The van der Waals surface area contributed by atoms with Crippen LogP contribution in [0.4, 0.5) is 4.79 Å². The molecule has 0 fully saturated rings. The Morgan fingerprint density at radius 1 is 1.62 bits per heavy atom. The van der Waals surface area contributed by atoms with Crippen molar-refractivity contribution in [2.24, 2.45) is 0 Å². The van der Waals surface area contributed by atoms with E-state index in [4.69, 9.17) is 4.74 Å². The third-order valence-electron chi connectivity index (χ3n) is 2.29. The van der Waals surface area contributed by atoms with Crippen molar-refractivity contribution in [3.8, 4) is 0 Å². The highest BCUT2D eigenvalue weighted by Crippen LogP contribution is 2.10. The third kappa shape index (κ3) is 3.22. The van der Waals surface area contributed by atoms with Gasteiger partial charge in [0.1, 0.15) is 0 Å². The Morgan fingerprint density at radius 3 is 3.00 bits per heavy atom. The lowest BCUT2D eigenvalue weighted by Gasteiger charge is -2.18. The van der Waals surface area contributed by atoms with Crippen molar-refractivity contribution >= 4 is 11.9 Å². The van der Waals surface area contributed by atoms with Gasteiger partial charge in [0.25, 0.3) is 0 Å². The zero-order valence-corrected chi connectivity index (χ0v) is 9.73. The fourth-order valence-electron chi connectivity index (χ4n) is 1.54. The minimum absolute atomic E-state index is 0.0383. The highest BCUT2D eigenvalue weighted by molar-refractivity contribution is 6.00. The minimum atomic E-state index is -0.411. The molecule has 0 saturated heterocycles. The van der Waals surface area contributed by atoms with Crippen LogP contribution in [0, 0.1) is 0 Å². The van der Waals surface area contributed by atoms with Crippen molar-refractivity contribution in [2.75, 3.05) is 19.7 Å². The van der Waals surface area contributed by atoms with Crippen molar-refractivity contribution in [3.05, 3.63) is 23.8 Å². The average Bonchev–Trinajstić information content (AvgIpc) is 2.43. The predicted molar refractivity (Wildman–Crippen MR) is 61.1 cm³/mol. The molecule has 1 heterocycles. The first-order valence-corrected chi connectivity index (χ1v) is 5.46. The Morgan fingerprint density at radius 2 is 2.38 bits per heavy atom. The summed E-state index contributed by atoms with van der Waals surface area (Å²) in [6.07, 6.45) is 5.73. The molecule has 1 rings (SSSR count). The van der Waals surface area contributed by atoms with Crippen LogP contribution in [-0.4, -0.2) is 36.5 Å². The molecule has 0 aliphatic carbocycles. The molecule has 0 unspecified atom stereocenters. The first-order valence-electron chi connectivity index (χ1n) is 5.46. The second-order valence-corrected chi connectivity index (χ2v) is 3.49. The van der Waals surface area contributed by atoms with E-state index < -0.39 is 6.09 Å². The van der Waals surface area contributed by atoms with Gasteiger partial charge in [-0.3, -0.25) is 4.79 Å². The molecule has 0 saturated carbocycles. The number of carbonyl (C=O) groups is 2. The number of nitrogens with zero attached hydrogens (tertiary/aromatic N) is 1. The molecule has 0 spiro atoms. The Bertz CT molecular complexity index is 331. The summed E-state index contributed by atoms with van der Waals surface area (Å²) in [5.74, 6) is -0.0383. The predicted octanol–water partition coefficient (Wildman–Crippen LogP) is 1.92. The third-order valence-corrected chi connectivity index (χ3v) is 2.29. The maximum atomic E-state index is 11.8. The van der Waals surface area contributed by atoms with Crippen LogP contribution in [0.25, 0.3) is 0 Å². The van der Waals surface area contributed by atoms with E-state index in [0.29, 0.717) is 25.1 Å². The molecule has 0 bridgehead atoms. The van der Waals surface area contributed by atoms with Crippen LogP contribution in [-0.2, 0) is 9.53 Å². The maximum Gasteiger partial charge on any atom is 0.410 e. The van der Waals surface area contributed by atoms with Gasteiger partial charge in [0.15, 0.2) is 5.78 Å². The molecule has 0 aromatic rings. The lowest BCUT2D eigenvalue weighted by atomic mass is 10.1. The number of Topliss-reactive ketones (excluding diaryl/α,β-unsaturated/α-hetero) is 1. The molecule has 1 aliphatic rings. The molecule has 4 nitrogen and oxygen atoms in total. The Hall–Kier alpha value is -1.58. The lowest BCUT2D eigenvalue weighted by molar-refractivity contribution is -0.116. The van der Waals surface area contributed by atoms with Gasteiger partial charge >= 0.3 is 6.09 Å². The number of carbonyl (C=O) groups excluding carboxylic acids is 2. The highest BCUT2D eigenvalue weighted by atomic mass is 16.6. The van der Waals surface area contributed by atoms with Crippen molar-refractivity contribution in [1.82, 2.24) is 4.90 Å². The smallest absolute Gasteiger partial charge is 0.410 e. The van der Waals surface area contributed by atoms with Crippen LogP contribution in [0.15, 0.2) is 23.8 Å². The molecule has 16 heavy (non-hydrogen) atoms. The van der Waals surface area contributed by atoms with Crippen molar-refractivity contribution in [1.29, 1.82) is 0 Å². The van der Waals surface area contributed by atoms with Gasteiger partial charge in [-0.25, -0.2) is 4.79 Å². The van der Waals surface area contributed by atoms with E-state index >= 15 is 0 Å². The monoisotopic (exact) mass is 223 g/mol. The molecule has 0 N–H and O–H groups in total. The molecule has 4 heteroatoms. The molecule has 0 atom stereocenters. The maximum absolute atomic E-state index is 11.8. The van der Waals surface area contributed by atoms with Crippen LogP contribution in [0.2, 0.25) is 0 Å². The van der Waals surface area contributed by atoms with Gasteiger partial charge in [0.05, 0.1) is 13.2 Å². The fourth-order valence-corrected chi connectivity index (χ4v) is 1.54. The highest BCUT2D eigenvalue weighted by Gasteiger charge is 2.21. The van der Waals surface area contributed by atoms with Gasteiger partial charge in [-0.2, -0.15) is 0 Å². The number of ketones is 1. The van der Waals surface area contributed by atoms with E-state index in [0.717, 1.165) is 0 Å². The number of amides is 1. The van der Waals surface area contributed by atoms with Crippen molar-refractivity contribution in [3.63, 3.8) is 0 Å². The van der Waals surface area contributed by atoms with Crippen molar-refractivity contribution < 1.29 is 14.3 Å². The number of hydrogen-bond donors (Lipinski definition) is 0. The zero-order chi connectivity index (χ0) is 12.0. The van der Waals surface area contributed by atoms with Gasteiger partial charge < -0.3 is 9.64 Å². The molecular formula is C12H17NO3. The van der Waals surface area contributed by atoms with Gasteiger partial charge in [-0.05, 0) is 20.3 Å². The van der Waals surface area contributed by atoms with E-state index in [-0.39, 0.29) is 12.3 Å². The van der Waals surface area contributed by atoms with Crippen molar-refractivity contribution in [2.45, 2.75) is 20.3 Å². The molecule has 0 aromatic heterocycles. The Balaban J connectivity index is 2.66. The summed E-state index contributed by atoms with van der Waals surface area (Å²) in [6.45, 7) is 4.59. The largest absolute Gasteiger partial charge is 0.450 e. The molecule has 0 radical (unpaired) electrons. The Labute approximate surface area is 95.6 Å². The second-order valence-electron chi connectivity index (χ2n) is 3.49. The normalized spacial score (nSPS) is 17.2. The molecule has 1 aliphatic heterocycles. The summed E-state index contributed by atoms with van der Waals surface area (Å²) >= 11 is 0. The number of rotatable bonds is 2. The van der Waals surface area contributed by atoms with Crippen LogP contribution in [0.1, 0.15) is 20.3 Å². The first-order chi connectivity index (χ1) is 7.69. The summed E-state index contributed by atoms with van der Waals surface area (Å²) in [7, 11) is 0. The quantitative estimate of drug-likeness (QED) is 0.718. The van der Waals surface area contributed by atoms with E-state index in [1.807, 2.05) is 19.1 Å². The van der Waals surface area contributed by atoms with Crippen LogP contribution < -0.4 is 0 Å². The zero-order valence-electron chi connectivity index (χ0n) is 9.73. The van der Waals surface area contributed by atoms with E-state index in [9.17, 15) is 9.59 Å². The van der Waals surface area contributed by atoms with Gasteiger partial charge in [0.2, 0.25) is 0 Å². The Kier molecular flexibility index (Phi) is 4.76. The minimum Gasteiger partial charge on any atom is -0.450 e. The summed E-state index contributed by atoms with van der Waals surface area (Å²) in [6, 6.07) is 0. The standard InChI is InChI=1S/C12H17NO3/c1-3-6-10-7-5-8-13(9-11(10)14)12(15)16-4-2/h3,6-7H,4-5,8-9H2,1-2H3. The van der Waals surface area contributed by atoms with Gasteiger partial charge in [0, 0.05) is 12.1 Å². The molecule has 88 valence electrons. The summed E-state index contributed by atoms with van der Waals surface area (Å²) < 4.78 is 4.87. The topological polar surface area (TPSA) is 46.6 Å². The second kappa shape index (κ2) is 6.10. The van der Waals surface area contributed by atoms with Gasteiger partial charge in [-0.1, -0.05) is 18.2 Å². The summed E-state index contributed by atoms with van der Waals surface area (Å²) in [4.78, 5) is 24.7. The number of ether oxygens (including phenoxy) is 1. The average molecular weight is 223 g/mol. The number of allylic oxidation sites excluding steroid dienone is 2. The van der Waals surface area contributed by atoms with Crippen LogP contribution in [0.3, 0.4) is 0 Å². The fraction of sp³-hybridized carbons (Fsp3) is 0.500. The van der Waals surface area contributed by atoms with Crippen LogP contribution in [0.5, 0.6) is 0 Å². The molecule has 1 amide bonds. The van der Waals surface area contributed by atoms with Gasteiger partial charge in [-0.15, -0.1) is 0 Å². The summed E-state index contributed by atoms with van der Waals surface area (Å²) in [5, 5.41) is 0.